The Labute approximate surface area is 163 Å². The first-order valence-electron chi connectivity index (χ1n) is 9.81. The lowest BCUT2D eigenvalue weighted by Gasteiger charge is -2.39. The second-order valence-corrected chi connectivity index (χ2v) is 8.21. The second-order valence-electron chi connectivity index (χ2n) is 8.21. The molecule has 7 nitrogen and oxygen atoms in total. The minimum Gasteiger partial charge on any atom is -0.396 e. The molecule has 1 aromatic heterocycles. The predicted molar refractivity (Wildman–Crippen MR) is 104 cm³/mol. The Hall–Kier alpha value is -1.74. The monoisotopic (exact) mass is 386 g/mol. The first-order valence-corrected chi connectivity index (χ1v) is 9.81. The number of aliphatic hydroxyl groups is 4. The van der Waals surface area contributed by atoms with Gasteiger partial charge in [0.1, 0.15) is 18.3 Å². The van der Waals surface area contributed by atoms with Crippen LogP contribution in [-0.2, 0) is 11.2 Å². The van der Waals surface area contributed by atoms with E-state index < -0.39 is 24.5 Å². The van der Waals surface area contributed by atoms with Gasteiger partial charge in [0, 0.05) is 30.1 Å². The molecule has 7 heteroatoms. The van der Waals surface area contributed by atoms with Crippen molar-refractivity contribution >= 4 is 16.5 Å². The summed E-state index contributed by atoms with van der Waals surface area (Å²) < 4.78 is 7.66. The van der Waals surface area contributed by atoms with E-state index in [0.29, 0.717) is 0 Å². The SMILES string of the molecule is CN1C[C@H](CO)C=C2c3cccc4c3c(cn4[C@@H]3O[C@H](CO)[C@@H](O)[C@H]3O)C[C@H]21. The second kappa shape index (κ2) is 6.66. The van der Waals surface area contributed by atoms with Gasteiger partial charge in [-0.3, -0.25) is 4.90 Å². The molecule has 3 aliphatic rings. The molecule has 2 aliphatic heterocycles. The van der Waals surface area contributed by atoms with Gasteiger partial charge < -0.3 is 29.7 Å². The number of likely N-dealkylation sites (N-methyl/N-ethyl adjacent to an activating group) is 1. The first kappa shape index (κ1) is 18.3. The molecule has 1 saturated heterocycles. The average molecular weight is 386 g/mol. The van der Waals surface area contributed by atoms with Gasteiger partial charge >= 0.3 is 0 Å². The summed E-state index contributed by atoms with van der Waals surface area (Å²) >= 11 is 0. The van der Waals surface area contributed by atoms with Gasteiger partial charge in [-0.2, -0.15) is 0 Å². The molecule has 5 rings (SSSR count). The molecule has 2 aromatic rings. The summed E-state index contributed by atoms with van der Waals surface area (Å²) in [6, 6.07) is 6.35. The van der Waals surface area contributed by atoms with Gasteiger partial charge in [0.25, 0.3) is 0 Å². The van der Waals surface area contributed by atoms with Crippen LogP contribution in [0.1, 0.15) is 17.4 Å². The van der Waals surface area contributed by atoms with Crippen LogP contribution in [0.25, 0.3) is 16.5 Å². The number of benzene rings is 1. The van der Waals surface area contributed by atoms with Gasteiger partial charge in [0.05, 0.1) is 18.7 Å². The highest BCUT2D eigenvalue weighted by Gasteiger charge is 2.44. The number of nitrogens with zero attached hydrogens (tertiary/aromatic N) is 2. The van der Waals surface area contributed by atoms with Crippen LogP contribution in [0.5, 0.6) is 0 Å². The zero-order valence-electron chi connectivity index (χ0n) is 15.8. The van der Waals surface area contributed by atoms with E-state index in [9.17, 15) is 20.4 Å². The van der Waals surface area contributed by atoms with Crippen molar-refractivity contribution in [3.63, 3.8) is 0 Å². The summed E-state index contributed by atoms with van der Waals surface area (Å²) in [6.45, 7) is 0.618. The van der Waals surface area contributed by atoms with E-state index in [-0.39, 0.29) is 25.2 Å². The minimum atomic E-state index is -1.12. The van der Waals surface area contributed by atoms with E-state index in [1.54, 1.807) is 0 Å². The molecule has 0 bridgehead atoms. The largest absolute Gasteiger partial charge is 0.396 e. The lowest BCUT2D eigenvalue weighted by atomic mass is 9.80. The Balaban J connectivity index is 1.64. The number of rotatable bonds is 3. The van der Waals surface area contributed by atoms with E-state index in [1.807, 2.05) is 22.9 Å². The summed E-state index contributed by atoms with van der Waals surface area (Å²) in [4.78, 5) is 2.29. The van der Waals surface area contributed by atoms with Crippen LogP contribution in [0.15, 0.2) is 30.5 Å². The quantitative estimate of drug-likeness (QED) is 0.598. The molecule has 150 valence electrons. The average Bonchev–Trinajstić information content (AvgIpc) is 3.21. The molecule has 0 spiro atoms. The van der Waals surface area contributed by atoms with Crippen molar-refractivity contribution in [2.75, 3.05) is 26.8 Å². The summed E-state index contributed by atoms with van der Waals surface area (Å²) in [5, 5.41) is 40.9. The van der Waals surface area contributed by atoms with Crippen LogP contribution >= 0.6 is 0 Å². The van der Waals surface area contributed by atoms with E-state index in [1.165, 1.54) is 11.1 Å². The van der Waals surface area contributed by atoms with Crippen molar-refractivity contribution in [3.8, 4) is 0 Å². The van der Waals surface area contributed by atoms with Crippen LogP contribution in [0, 0.1) is 5.92 Å². The Morgan fingerprint density at radius 2 is 1.96 bits per heavy atom. The van der Waals surface area contributed by atoms with E-state index in [2.05, 4.69) is 24.1 Å². The molecular weight excluding hydrogens is 360 g/mol. The molecule has 1 aliphatic carbocycles. The molecule has 0 unspecified atom stereocenters. The predicted octanol–water partition coefficient (Wildman–Crippen LogP) is 0.115. The van der Waals surface area contributed by atoms with Crippen LogP contribution < -0.4 is 0 Å². The maximum atomic E-state index is 10.5. The summed E-state index contributed by atoms with van der Waals surface area (Å²) in [5.74, 6) is 0.121. The molecule has 3 heterocycles. The highest BCUT2D eigenvalue weighted by atomic mass is 16.6. The Bertz CT molecular complexity index is 938. The summed E-state index contributed by atoms with van der Waals surface area (Å²) in [5.41, 5.74) is 4.51. The summed E-state index contributed by atoms with van der Waals surface area (Å²) in [6.07, 6.45) is 1.30. The Kier molecular flexibility index (Phi) is 4.35. The zero-order chi connectivity index (χ0) is 19.6. The zero-order valence-corrected chi connectivity index (χ0v) is 15.8. The maximum absolute atomic E-state index is 10.5. The third kappa shape index (κ3) is 2.51. The number of ether oxygens (including phenoxy) is 1. The number of aromatic nitrogens is 1. The normalized spacial score (nSPS) is 35.2. The van der Waals surface area contributed by atoms with Crippen molar-refractivity contribution in [3.05, 3.63) is 41.6 Å². The van der Waals surface area contributed by atoms with Gasteiger partial charge in [-0.15, -0.1) is 0 Å². The molecule has 4 N–H and O–H groups in total. The van der Waals surface area contributed by atoms with Crippen molar-refractivity contribution in [2.45, 2.75) is 37.0 Å². The smallest absolute Gasteiger partial charge is 0.163 e. The number of hydrogen-bond donors (Lipinski definition) is 4. The van der Waals surface area contributed by atoms with Crippen molar-refractivity contribution in [1.82, 2.24) is 9.47 Å². The van der Waals surface area contributed by atoms with E-state index >= 15 is 0 Å². The van der Waals surface area contributed by atoms with Crippen molar-refractivity contribution < 1.29 is 25.2 Å². The van der Waals surface area contributed by atoms with Gasteiger partial charge in [-0.05, 0) is 36.2 Å². The first-order chi connectivity index (χ1) is 13.5. The minimum absolute atomic E-state index is 0.121. The standard InChI is InChI=1S/C21H26N2O5/c1-22-7-11(9-24)5-14-13-3-2-4-15-18(13)12(6-16(14)22)8-23(15)21-20(27)19(26)17(10-25)28-21/h2-5,8,11,16-17,19-21,24-27H,6-7,9-10H2,1H3/t11-,16-,17-,19-,20-,21-/m1/s1. The van der Waals surface area contributed by atoms with Gasteiger partial charge in [0.2, 0.25) is 0 Å². The van der Waals surface area contributed by atoms with Gasteiger partial charge in [-0.1, -0.05) is 18.2 Å². The van der Waals surface area contributed by atoms with Crippen LogP contribution in [0.2, 0.25) is 0 Å². The third-order valence-corrected chi connectivity index (χ3v) is 6.52. The maximum Gasteiger partial charge on any atom is 0.163 e. The number of aliphatic hydroxyl groups excluding tert-OH is 4. The fourth-order valence-electron chi connectivity index (χ4n) is 5.12. The van der Waals surface area contributed by atoms with E-state index in [4.69, 9.17) is 4.74 Å². The molecule has 1 fully saturated rings. The lowest BCUT2D eigenvalue weighted by molar-refractivity contribution is -0.0506. The topological polar surface area (TPSA) is 98.3 Å². The number of fused-ring (bicyclic) bond motifs is 2. The van der Waals surface area contributed by atoms with Crippen LogP contribution in [0.3, 0.4) is 0 Å². The molecule has 1 aromatic carbocycles. The van der Waals surface area contributed by atoms with Crippen LogP contribution in [-0.4, -0.2) is 81.1 Å². The fourth-order valence-corrected chi connectivity index (χ4v) is 5.12. The van der Waals surface area contributed by atoms with Gasteiger partial charge in [0.15, 0.2) is 6.23 Å². The molecule has 0 amide bonds. The Morgan fingerprint density at radius 3 is 2.68 bits per heavy atom. The van der Waals surface area contributed by atoms with Gasteiger partial charge in [-0.25, -0.2) is 0 Å². The van der Waals surface area contributed by atoms with Crippen molar-refractivity contribution in [1.29, 1.82) is 0 Å². The molecule has 0 radical (unpaired) electrons. The fraction of sp³-hybridized carbons (Fsp3) is 0.524. The molecule has 6 atom stereocenters. The number of hydrogen-bond acceptors (Lipinski definition) is 6. The summed E-state index contributed by atoms with van der Waals surface area (Å²) in [7, 11) is 2.09. The highest BCUT2D eigenvalue weighted by molar-refractivity contribution is 5.98. The van der Waals surface area contributed by atoms with Crippen LogP contribution in [0.4, 0.5) is 0 Å². The highest BCUT2D eigenvalue weighted by Crippen LogP contribution is 2.43. The Morgan fingerprint density at radius 1 is 1.14 bits per heavy atom. The van der Waals surface area contributed by atoms with Crippen molar-refractivity contribution in [2.24, 2.45) is 5.92 Å². The van der Waals surface area contributed by atoms with E-state index in [0.717, 1.165) is 29.4 Å². The third-order valence-electron chi connectivity index (χ3n) is 6.52. The molecular formula is C21H26N2O5. The lowest BCUT2D eigenvalue weighted by Crippen LogP contribution is -2.43. The molecule has 0 saturated carbocycles. The molecule has 28 heavy (non-hydrogen) atoms.